The van der Waals surface area contributed by atoms with Crippen molar-refractivity contribution in [2.75, 3.05) is 38.8 Å². The molecule has 6 heteroatoms. The first kappa shape index (κ1) is 20.7. The van der Waals surface area contributed by atoms with E-state index in [1.165, 1.54) is 32.6 Å². The smallest absolute Gasteiger partial charge is 0.260 e. The molecule has 1 saturated heterocycles. The summed E-state index contributed by atoms with van der Waals surface area (Å²) in [6.07, 6.45) is 2.42. The highest BCUT2D eigenvalue weighted by Crippen LogP contribution is 2.29. The number of benzene rings is 2. The lowest BCUT2D eigenvalue weighted by molar-refractivity contribution is -0.132. The quantitative estimate of drug-likeness (QED) is 0.639. The predicted octanol–water partition coefficient (Wildman–Crippen LogP) is 3.54. The number of hydrogen-bond acceptors (Lipinski definition) is 5. The lowest BCUT2D eigenvalue weighted by Crippen LogP contribution is -2.32. The number of hydrogen-bond donors (Lipinski definition) is 0. The van der Waals surface area contributed by atoms with E-state index in [0.29, 0.717) is 23.6 Å². The molecule has 1 amide bonds. The number of carbonyl (C=O) groups is 2. The van der Waals surface area contributed by atoms with Gasteiger partial charge in [-0.3, -0.25) is 9.59 Å². The number of para-hydroxylation sites is 1. The molecule has 1 fully saturated rings. The molecule has 1 heterocycles. The van der Waals surface area contributed by atoms with Crippen LogP contribution in [0.3, 0.4) is 0 Å². The molecule has 6 nitrogen and oxygen atoms in total. The fraction of sp³-hybridized carbons (Fsp3) is 0.391. The van der Waals surface area contributed by atoms with E-state index in [-0.39, 0.29) is 18.3 Å². The molecule has 0 saturated carbocycles. The van der Waals surface area contributed by atoms with Crippen molar-refractivity contribution < 1.29 is 19.1 Å². The van der Waals surface area contributed by atoms with Gasteiger partial charge in [-0.1, -0.05) is 18.2 Å². The lowest BCUT2D eigenvalue weighted by Gasteiger charge is -2.24. The van der Waals surface area contributed by atoms with E-state index in [1.807, 2.05) is 12.1 Å². The van der Waals surface area contributed by atoms with Gasteiger partial charge in [-0.05, 0) is 49.6 Å². The van der Waals surface area contributed by atoms with Crippen LogP contribution in [0.15, 0.2) is 42.5 Å². The van der Waals surface area contributed by atoms with Crippen LogP contribution in [-0.2, 0) is 11.3 Å². The van der Waals surface area contributed by atoms with E-state index < -0.39 is 0 Å². The number of ether oxygens (including phenoxy) is 2. The summed E-state index contributed by atoms with van der Waals surface area (Å²) < 4.78 is 11.0. The largest absolute Gasteiger partial charge is 0.493 e. The first-order valence-electron chi connectivity index (χ1n) is 9.88. The first-order valence-corrected chi connectivity index (χ1v) is 9.88. The van der Waals surface area contributed by atoms with Crippen molar-refractivity contribution in [1.29, 1.82) is 0 Å². The van der Waals surface area contributed by atoms with Gasteiger partial charge in [0.1, 0.15) is 0 Å². The van der Waals surface area contributed by atoms with Gasteiger partial charge in [0.05, 0.1) is 7.11 Å². The second-order valence-corrected chi connectivity index (χ2v) is 7.28. The highest BCUT2D eigenvalue weighted by Gasteiger charge is 2.18. The number of carbonyl (C=O) groups excluding carboxylic acids is 2. The fourth-order valence-corrected chi connectivity index (χ4v) is 3.51. The molecule has 0 aromatic heterocycles. The summed E-state index contributed by atoms with van der Waals surface area (Å²) in [5.41, 5.74) is 2.87. The molecular weight excluding hydrogens is 368 g/mol. The SMILES string of the molecule is COc1cc(C(C)=O)ccc1OCC(=O)N(C)Cc1ccccc1N1CCCC1. The van der Waals surface area contributed by atoms with Crippen LogP contribution in [0.4, 0.5) is 5.69 Å². The van der Waals surface area contributed by atoms with Crippen molar-refractivity contribution >= 4 is 17.4 Å². The minimum absolute atomic E-state index is 0.0534. The summed E-state index contributed by atoms with van der Waals surface area (Å²) in [4.78, 5) is 28.2. The number of nitrogens with zero attached hydrogens (tertiary/aromatic N) is 2. The average Bonchev–Trinajstić information content (AvgIpc) is 3.26. The average molecular weight is 396 g/mol. The summed E-state index contributed by atoms with van der Waals surface area (Å²) in [7, 11) is 3.29. The number of anilines is 1. The summed E-state index contributed by atoms with van der Waals surface area (Å²) >= 11 is 0. The van der Waals surface area contributed by atoms with Crippen molar-refractivity contribution in [2.24, 2.45) is 0 Å². The van der Waals surface area contributed by atoms with Crippen molar-refractivity contribution in [2.45, 2.75) is 26.3 Å². The molecule has 2 aromatic carbocycles. The molecule has 0 bridgehead atoms. The summed E-state index contributed by atoms with van der Waals surface area (Å²) in [5, 5.41) is 0. The van der Waals surface area contributed by atoms with Gasteiger partial charge < -0.3 is 19.3 Å². The van der Waals surface area contributed by atoms with Crippen LogP contribution in [0.5, 0.6) is 11.5 Å². The van der Waals surface area contributed by atoms with Gasteiger partial charge in [-0.2, -0.15) is 0 Å². The summed E-state index contributed by atoms with van der Waals surface area (Å²) in [5.74, 6) is 0.700. The fourth-order valence-electron chi connectivity index (χ4n) is 3.51. The third-order valence-corrected chi connectivity index (χ3v) is 5.19. The van der Waals surface area contributed by atoms with Crippen molar-refractivity contribution in [3.63, 3.8) is 0 Å². The molecule has 0 aliphatic carbocycles. The maximum atomic E-state index is 12.6. The van der Waals surface area contributed by atoms with E-state index in [2.05, 4.69) is 17.0 Å². The Morgan fingerprint density at radius 1 is 1.07 bits per heavy atom. The van der Waals surface area contributed by atoms with E-state index in [9.17, 15) is 9.59 Å². The van der Waals surface area contributed by atoms with E-state index >= 15 is 0 Å². The van der Waals surface area contributed by atoms with E-state index in [0.717, 1.165) is 18.7 Å². The highest BCUT2D eigenvalue weighted by atomic mass is 16.5. The Morgan fingerprint density at radius 3 is 2.48 bits per heavy atom. The number of likely N-dealkylation sites (N-methyl/N-ethyl adjacent to an activating group) is 1. The van der Waals surface area contributed by atoms with Gasteiger partial charge in [0.15, 0.2) is 23.9 Å². The molecule has 3 rings (SSSR count). The molecular formula is C23H28N2O4. The molecule has 0 unspecified atom stereocenters. The Bertz CT molecular complexity index is 875. The zero-order valence-electron chi connectivity index (χ0n) is 17.3. The number of methoxy groups -OCH3 is 1. The molecule has 1 aliphatic rings. The Kier molecular flexibility index (Phi) is 6.75. The Morgan fingerprint density at radius 2 is 1.79 bits per heavy atom. The Hall–Kier alpha value is -3.02. The predicted molar refractivity (Wildman–Crippen MR) is 113 cm³/mol. The van der Waals surface area contributed by atoms with Gasteiger partial charge in [0, 0.05) is 37.9 Å². The summed E-state index contributed by atoms with van der Waals surface area (Å²) in [6, 6.07) is 13.2. The van der Waals surface area contributed by atoms with Gasteiger partial charge in [-0.15, -0.1) is 0 Å². The summed E-state index contributed by atoms with van der Waals surface area (Å²) in [6.45, 7) is 4.04. The van der Waals surface area contributed by atoms with Crippen LogP contribution < -0.4 is 14.4 Å². The molecule has 0 radical (unpaired) electrons. The van der Waals surface area contributed by atoms with Gasteiger partial charge >= 0.3 is 0 Å². The standard InChI is InChI=1S/C23H28N2O4/c1-17(26)18-10-11-21(22(14-18)28-3)29-16-23(27)24(2)15-19-8-4-5-9-20(19)25-12-6-7-13-25/h4-5,8-11,14H,6-7,12-13,15-16H2,1-3H3. The number of ketones is 1. The monoisotopic (exact) mass is 396 g/mol. The van der Waals surface area contributed by atoms with E-state index in [1.54, 1.807) is 30.1 Å². The Balaban J connectivity index is 1.63. The minimum Gasteiger partial charge on any atom is -0.493 e. The van der Waals surface area contributed by atoms with Gasteiger partial charge in [-0.25, -0.2) is 0 Å². The van der Waals surface area contributed by atoms with Gasteiger partial charge in [0.2, 0.25) is 0 Å². The number of Topliss-reactive ketones (excluding diaryl/α,β-unsaturated/α-hetero) is 1. The molecule has 1 aliphatic heterocycles. The van der Waals surface area contributed by atoms with Crippen LogP contribution >= 0.6 is 0 Å². The molecule has 29 heavy (non-hydrogen) atoms. The second kappa shape index (κ2) is 9.45. The maximum absolute atomic E-state index is 12.6. The van der Waals surface area contributed by atoms with E-state index in [4.69, 9.17) is 9.47 Å². The third-order valence-electron chi connectivity index (χ3n) is 5.19. The lowest BCUT2D eigenvalue weighted by atomic mass is 10.1. The van der Waals surface area contributed by atoms with Crippen molar-refractivity contribution in [3.05, 3.63) is 53.6 Å². The zero-order chi connectivity index (χ0) is 20.8. The molecule has 2 aromatic rings. The number of rotatable bonds is 8. The van der Waals surface area contributed by atoms with Crippen LogP contribution in [-0.4, -0.2) is 50.4 Å². The zero-order valence-corrected chi connectivity index (χ0v) is 17.3. The van der Waals surface area contributed by atoms with Crippen molar-refractivity contribution in [3.8, 4) is 11.5 Å². The topological polar surface area (TPSA) is 59.1 Å². The molecule has 0 atom stereocenters. The normalized spacial score (nSPS) is 13.3. The second-order valence-electron chi connectivity index (χ2n) is 7.28. The van der Waals surface area contributed by atoms with Crippen LogP contribution in [0.25, 0.3) is 0 Å². The van der Waals surface area contributed by atoms with Crippen LogP contribution in [0.2, 0.25) is 0 Å². The van der Waals surface area contributed by atoms with Crippen LogP contribution in [0.1, 0.15) is 35.7 Å². The van der Waals surface area contributed by atoms with Crippen LogP contribution in [0, 0.1) is 0 Å². The maximum Gasteiger partial charge on any atom is 0.260 e. The van der Waals surface area contributed by atoms with Crippen molar-refractivity contribution in [1.82, 2.24) is 4.90 Å². The van der Waals surface area contributed by atoms with Gasteiger partial charge in [0.25, 0.3) is 5.91 Å². The first-order chi connectivity index (χ1) is 14.0. The molecule has 0 N–H and O–H groups in total. The highest BCUT2D eigenvalue weighted by molar-refractivity contribution is 5.94. The minimum atomic E-state index is -0.126. The number of amides is 1. The third kappa shape index (κ3) is 5.08. The Labute approximate surface area is 172 Å². The molecule has 0 spiro atoms. The molecule has 154 valence electrons.